The highest BCUT2D eigenvalue weighted by molar-refractivity contribution is 9.10. The predicted octanol–water partition coefficient (Wildman–Crippen LogP) is 3.60. The smallest absolute Gasteiger partial charge is 0.270 e. The maximum absolute atomic E-state index is 13.0. The van der Waals surface area contributed by atoms with Gasteiger partial charge in [-0.15, -0.1) is 0 Å². The summed E-state index contributed by atoms with van der Waals surface area (Å²) in [5.74, 6) is -1.17. The van der Waals surface area contributed by atoms with E-state index in [0.717, 1.165) is 11.1 Å². The minimum Gasteiger partial charge on any atom is -0.507 e. The number of hydrogen-bond donors (Lipinski definition) is 2. The number of carbonyl (C=O) groups is 2. The zero-order chi connectivity index (χ0) is 19.0. The molecule has 0 bridgehead atoms. The van der Waals surface area contributed by atoms with Crippen molar-refractivity contribution in [3.05, 3.63) is 63.1 Å². The first kappa shape index (κ1) is 18.3. The fourth-order valence-electron chi connectivity index (χ4n) is 2.55. The van der Waals surface area contributed by atoms with E-state index in [1.165, 1.54) is 17.0 Å². The molecule has 26 heavy (non-hydrogen) atoms. The van der Waals surface area contributed by atoms with E-state index >= 15 is 0 Å². The molecule has 2 N–H and O–H groups in total. The lowest BCUT2D eigenvalue weighted by Crippen LogP contribution is -2.54. The van der Waals surface area contributed by atoms with Crippen LogP contribution in [0.3, 0.4) is 0 Å². The third-order valence-electron chi connectivity index (χ3n) is 4.14. The molecule has 0 saturated carbocycles. The molecule has 2 aromatic carbocycles. The van der Waals surface area contributed by atoms with Crippen molar-refractivity contribution >= 4 is 56.8 Å². The number of benzene rings is 2. The summed E-state index contributed by atoms with van der Waals surface area (Å²) in [4.78, 5) is 26.5. The highest BCUT2D eigenvalue weighted by Gasteiger charge is 2.34. The van der Waals surface area contributed by atoms with Gasteiger partial charge in [0, 0.05) is 10.0 Å². The predicted molar refractivity (Wildman–Crippen MR) is 108 cm³/mol. The molecule has 1 saturated heterocycles. The molecule has 3 rings (SSSR count). The van der Waals surface area contributed by atoms with Crippen LogP contribution in [0, 0.1) is 13.8 Å². The summed E-state index contributed by atoms with van der Waals surface area (Å²) in [6, 6.07) is 10.3. The number of thiocarbonyl (C=S) groups is 1. The van der Waals surface area contributed by atoms with Gasteiger partial charge in [0.25, 0.3) is 11.8 Å². The van der Waals surface area contributed by atoms with E-state index in [-0.39, 0.29) is 16.4 Å². The number of phenols is 1. The van der Waals surface area contributed by atoms with Gasteiger partial charge >= 0.3 is 0 Å². The molecule has 2 aromatic rings. The number of anilines is 1. The van der Waals surface area contributed by atoms with Crippen molar-refractivity contribution in [3.8, 4) is 5.75 Å². The zero-order valence-corrected chi connectivity index (χ0v) is 16.4. The Kier molecular flexibility index (Phi) is 4.93. The molecule has 0 spiro atoms. The molecular weight excluding hydrogens is 416 g/mol. The quantitative estimate of drug-likeness (QED) is 0.433. The summed E-state index contributed by atoms with van der Waals surface area (Å²) in [5, 5.41) is 12.6. The second-order valence-electron chi connectivity index (χ2n) is 5.93. The number of phenolic OH excluding ortho intramolecular Hbond substituents is 1. The average molecular weight is 431 g/mol. The number of amides is 2. The average Bonchev–Trinajstić information content (AvgIpc) is 2.57. The van der Waals surface area contributed by atoms with E-state index in [4.69, 9.17) is 12.2 Å². The second-order valence-corrected chi connectivity index (χ2v) is 7.23. The maximum atomic E-state index is 13.0. The summed E-state index contributed by atoms with van der Waals surface area (Å²) >= 11 is 8.50. The van der Waals surface area contributed by atoms with Gasteiger partial charge in [0.05, 0.1) is 5.69 Å². The molecule has 2 amide bonds. The normalized spacial score (nSPS) is 16.2. The molecule has 7 heteroatoms. The van der Waals surface area contributed by atoms with Crippen molar-refractivity contribution in [2.24, 2.45) is 0 Å². The number of aromatic hydroxyl groups is 1. The van der Waals surface area contributed by atoms with Gasteiger partial charge < -0.3 is 5.11 Å². The molecule has 0 aliphatic carbocycles. The molecule has 1 aliphatic heterocycles. The topological polar surface area (TPSA) is 69.6 Å². The lowest BCUT2D eigenvalue weighted by Gasteiger charge is -2.29. The van der Waals surface area contributed by atoms with E-state index in [2.05, 4.69) is 21.2 Å². The van der Waals surface area contributed by atoms with E-state index in [1.54, 1.807) is 18.2 Å². The minimum absolute atomic E-state index is 0.0267. The molecule has 1 aliphatic rings. The van der Waals surface area contributed by atoms with E-state index in [9.17, 15) is 14.7 Å². The van der Waals surface area contributed by atoms with Crippen molar-refractivity contribution in [2.75, 3.05) is 4.90 Å². The van der Waals surface area contributed by atoms with Gasteiger partial charge in [0.15, 0.2) is 5.11 Å². The third kappa shape index (κ3) is 3.40. The number of rotatable bonds is 2. The van der Waals surface area contributed by atoms with Crippen LogP contribution in [-0.2, 0) is 9.59 Å². The Hall–Kier alpha value is -2.51. The van der Waals surface area contributed by atoms with Crippen LogP contribution in [0.15, 0.2) is 46.4 Å². The van der Waals surface area contributed by atoms with E-state index in [0.29, 0.717) is 15.7 Å². The molecule has 5 nitrogen and oxygen atoms in total. The lowest BCUT2D eigenvalue weighted by molar-refractivity contribution is -0.122. The summed E-state index contributed by atoms with van der Waals surface area (Å²) in [6.45, 7) is 3.91. The summed E-state index contributed by atoms with van der Waals surface area (Å²) in [7, 11) is 0. The van der Waals surface area contributed by atoms with Gasteiger partial charge in [0.1, 0.15) is 11.3 Å². The van der Waals surface area contributed by atoms with Crippen molar-refractivity contribution in [3.63, 3.8) is 0 Å². The van der Waals surface area contributed by atoms with Gasteiger partial charge in [-0.05, 0) is 73.6 Å². The number of carbonyl (C=O) groups excluding carboxylic acids is 2. The molecule has 0 radical (unpaired) electrons. The van der Waals surface area contributed by atoms with Crippen LogP contribution in [0.5, 0.6) is 5.75 Å². The molecule has 0 aromatic heterocycles. The minimum atomic E-state index is -0.598. The largest absolute Gasteiger partial charge is 0.507 e. The highest BCUT2D eigenvalue weighted by atomic mass is 79.9. The fraction of sp³-hybridized carbons (Fsp3) is 0.105. The SMILES string of the molecule is Cc1ccc(N2C(=O)/C(=C\c3cc(Br)ccc3O)C(=O)NC2=S)cc1C. The number of nitrogens with one attached hydrogen (secondary N) is 1. The van der Waals surface area contributed by atoms with Gasteiger partial charge in [-0.3, -0.25) is 19.8 Å². The van der Waals surface area contributed by atoms with Crippen LogP contribution in [0.2, 0.25) is 0 Å². The van der Waals surface area contributed by atoms with Crippen molar-refractivity contribution in [2.45, 2.75) is 13.8 Å². The highest BCUT2D eigenvalue weighted by Crippen LogP contribution is 2.27. The van der Waals surface area contributed by atoms with Crippen LogP contribution in [0.4, 0.5) is 5.69 Å². The van der Waals surface area contributed by atoms with Gasteiger partial charge in [0.2, 0.25) is 0 Å². The van der Waals surface area contributed by atoms with Crippen LogP contribution in [0.25, 0.3) is 6.08 Å². The van der Waals surface area contributed by atoms with Gasteiger partial charge in [-0.2, -0.15) is 0 Å². The summed E-state index contributed by atoms with van der Waals surface area (Å²) < 4.78 is 0.715. The summed E-state index contributed by atoms with van der Waals surface area (Å²) in [5.41, 5.74) is 2.91. The first-order valence-electron chi connectivity index (χ1n) is 7.75. The Morgan fingerprint density at radius 2 is 1.85 bits per heavy atom. The molecule has 0 atom stereocenters. The van der Waals surface area contributed by atoms with Crippen molar-refractivity contribution < 1.29 is 14.7 Å². The zero-order valence-electron chi connectivity index (χ0n) is 14.0. The van der Waals surface area contributed by atoms with Crippen molar-refractivity contribution in [1.29, 1.82) is 0 Å². The fourth-order valence-corrected chi connectivity index (χ4v) is 3.21. The standard InChI is InChI=1S/C19H15BrN2O3S/c1-10-3-5-14(7-11(10)2)22-18(25)15(17(24)21-19(22)26)9-12-8-13(20)4-6-16(12)23/h3-9,23H,1-2H3,(H,21,24,26)/b15-9-. The third-order valence-corrected chi connectivity index (χ3v) is 4.92. The Balaban J connectivity index is 2.07. The second kappa shape index (κ2) is 7.01. The molecule has 1 heterocycles. The van der Waals surface area contributed by atoms with Gasteiger partial charge in [-0.25, -0.2) is 0 Å². The van der Waals surface area contributed by atoms with Gasteiger partial charge in [-0.1, -0.05) is 22.0 Å². The number of aryl methyl sites for hydroxylation is 2. The lowest BCUT2D eigenvalue weighted by atomic mass is 10.0. The van der Waals surface area contributed by atoms with Crippen molar-refractivity contribution in [1.82, 2.24) is 5.32 Å². The first-order chi connectivity index (χ1) is 12.3. The van der Waals surface area contributed by atoms with E-state index < -0.39 is 11.8 Å². The number of hydrogen-bond acceptors (Lipinski definition) is 4. The number of halogens is 1. The van der Waals surface area contributed by atoms with Crippen LogP contribution < -0.4 is 10.2 Å². The molecule has 132 valence electrons. The Labute approximate surface area is 164 Å². The number of nitrogens with zero attached hydrogens (tertiary/aromatic N) is 1. The Morgan fingerprint density at radius 3 is 2.54 bits per heavy atom. The summed E-state index contributed by atoms with van der Waals surface area (Å²) in [6.07, 6.45) is 1.35. The van der Waals surface area contributed by atoms with E-state index in [1.807, 2.05) is 26.0 Å². The Bertz CT molecular complexity index is 985. The maximum Gasteiger partial charge on any atom is 0.270 e. The monoisotopic (exact) mass is 430 g/mol. The van der Waals surface area contributed by atoms with Crippen LogP contribution in [0.1, 0.15) is 16.7 Å². The van der Waals surface area contributed by atoms with Crippen LogP contribution in [-0.4, -0.2) is 22.0 Å². The Morgan fingerprint density at radius 1 is 1.12 bits per heavy atom. The first-order valence-corrected chi connectivity index (χ1v) is 8.95. The molecule has 1 fully saturated rings. The van der Waals surface area contributed by atoms with Crippen LogP contribution >= 0.6 is 28.1 Å². The molecule has 0 unspecified atom stereocenters. The molecular formula is C19H15BrN2O3S.